The Labute approximate surface area is 130 Å². The van der Waals surface area contributed by atoms with Gasteiger partial charge in [0.2, 0.25) is 0 Å². The molecule has 0 amide bonds. The van der Waals surface area contributed by atoms with Crippen molar-refractivity contribution >= 4 is 5.97 Å². The molecule has 3 nitrogen and oxygen atoms in total. The van der Waals surface area contributed by atoms with Crippen LogP contribution in [0.1, 0.15) is 30.0 Å². The van der Waals surface area contributed by atoms with Gasteiger partial charge in [-0.15, -0.1) is 0 Å². The van der Waals surface area contributed by atoms with Crippen molar-refractivity contribution < 1.29 is 27.5 Å². The van der Waals surface area contributed by atoms with Crippen LogP contribution in [-0.2, 0) is 12.7 Å². The monoisotopic (exact) mass is 329 g/mol. The van der Waals surface area contributed by atoms with E-state index in [0.29, 0.717) is 0 Å². The van der Waals surface area contributed by atoms with E-state index in [1.807, 2.05) is 0 Å². The summed E-state index contributed by atoms with van der Waals surface area (Å²) in [6.07, 6.45) is -4.68. The molecule has 1 aromatic heterocycles. The Bertz CT molecular complexity index is 715. The van der Waals surface area contributed by atoms with E-state index >= 15 is 0 Å². The predicted molar refractivity (Wildman–Crippen MR) is 76.6 cm³/mol. The number of carbonyl (C=O) groups is 1. The second-order valence-corrected chi connectivity index (χ2v) is 5.61. The standard InChI is InChI=1S/C16H15F4NO2/c1-9(2)8-21-13(16(18,19)20)7-12(14(21)15(22)23)10-3-5-11(17)6-4-10/h3-7,9H,8H2,1-2H3,(H,22,23). The van der Waals surface area contributed by atoms with E-state index in [1.165, 1.54) is 12.1 Å². The van der Waals surface area contributed by atoms with Crippen molar-refractivity contribution in [3.05, 3.63) is 47.5 Å². The first-order chi connectivity index (χ1) is 10.6. The second-order valence-electron chi connectivity index (χ2n) is 5.61. The van der Waals surface area contributed by atoms with Crippen molar-refractivity contribution in [3.63, 3.8) is 0 Å². The van der Waals surface area contributed by atoms with Gasteiger partial charge in [0, 0.05) is 12.1 Å². The largest absolute Gasteiger partial charge is 0.477 e. The van der Waals surface area contributed by atoms with E-state index < -0.39 is 29.4 Å². The first-order valence-electron chi connectivity index (χ1n) is 6.91. The summed E-state index contributed by atoms with van der Waals surface area (Å²) in [4.78, 5) is 11.5. The Morgan fingerprint density at radius 1 is 1.22 bits per heavy atom. The normalized spacial score (nSPS) is 12.0. The molecule has 0 spiro atoms. The summed E-state index contributed by atoms with van der Waals surface area (Å²) in [6, 6.07) is 5.48. The number of alkyl halides is 3. The molecule has 1 N–H and O–H groups in total. The summed E-state index contributed by atoms with van der Waals surface area (Å²) in [5, 5.41) is 9.39. The first kappa shape index (κ1) is 17.1. The highest BCUT2D eigenvalue weighted by Crippen LogP contribution is 2.37. The molecule has 7 heteroatoms. The number of carboxylic acid groups (broad SMARTS) is 1. The maximum absolute atomic E-state index is 13.3. The summed E-state index contributed by atoms with van der Waals surface area (Å²) in [7, 11) is 0. The van der Waals surface area contributed by atoms with Crippen molar-refractivity contribution in [2.75, 3.05) is 0 Å². The molecule has 0 radical (unpaired) electrons. The molecule has 124 valence electrons. The van der Waals surface area contributed by atoms with Gasteiger partial charge >= 0.3 is 12.1 Å². The second kappa shape index (κ2) is 6.06. The van der Waals surface area contributed by atoms with E-state index in [9.17, 15) is 27.5 Å². The van der Waals surface area contributed by atoms with Gasteiger partial charge in [-0.1, -0.05) is 26.0 Å². The van der Waals surface area contributed by atoms with E-state index in [4.69, 9.17) is 0 Å². The van der Waals surface area contributed by atoms with Crippen LogP contribution in [0.3, 0.4) is 0 Å². The predicted octanol–water partition coefficient (Wildman–Crippen LogP) is 4.67. The van der Waals surface area contributed by atoms with E-state index in [-0.39, 0.29) is 23.6 Å². The molecule has 0 saturated carbocycles. The van der Waals surface area contributed by atoms with Gasteiger partial charge in [0.05, 0.1) is 0 Å². The Hall–Kier alpha value is -2.31. The summed E-state index contributed by atoms with van der Waals surface area (Å²) in [5.41, 5.74) is -1.33. The van der Waals surface area contributed by atoms with Gasteiger partial charge in [-0.2, -0.15) is 13.2 Å². The van der Waals surface area contributed by atoms with Crippen LogP contribution in [0.2, 0.25) is 0 Å². The lowest BCUT2D eigenvalue weighted by Gasteiger charge is -2.15. The zero-order valence-corrected chi connectivity index (χ0v) is 12.5. The average Bonchev–Trinajstić information content (AvgIpc) is 2.78. The average molecular weight is 329 g/mol. The van der Waals surface area contributed by atoms with Crippen molar-refractivity contribution in [2.45, 2.75) is 26.6 Å². The Morgan fingerprint density at radius 3 is 2.22 bits per heavy atom. The molecule has 1 heterocycles. The fourth-order valence-electron chi connectivity index (χ4n) is 2.42. The molecule has 0 aliphatic carbocycles. The smallest absolute Gasteiger partial charge is 0.431 e. The fraction of sp³-hybridized carbons (Fsp3) is 0.312. The lowest BCUT2D eigenvalue weighted by molar-refractivity contribution is -0.143. The maximum atomic E-state index is 13.3. The summed E-state index contributed by atoms with van der Waals surface area (Å²) in [6.45, 7) is 3.31. The first-order valence-corrected chi connectivity index (χ1v) is 6.91. The molecule has 0 aliphatic heterocycles. The summed E-state index contributed by atoms with van der Waals surface area (Å²) < 4.78 is 53.6. The van der Waals surface area contributed by atoms with Gasteiger partial charge in [0.1, 0.15) is 17.2 Å². The number of nitrogens with zero attached hydrogens (tertiary/aromatic N) is 1. The quantitative estimate of drug-likeness (QED) is 0.829. The number of aromatic carboxylic acids is 1. The van der Waals surface area contributed by atoms with Crippen molar-refractivity contribution in [2.24, 2.45) is 5.92 Å². The molecular formula is C16H15F4NO2. The number of benzene rings is 1. The van der Waals surface area contributed by atoms with Crippen LogP contribution in [0.5, 0.6) is 0 Å². The van der Waals surface area contributed by atoms with Crippen molar-refractivity contribution in [1.29, 1.82) is 0 Å². The minimum Gasteiger partial charge on any atom is -0.477 e. The number of halogens is 4. The zero-order chi connectivity index (χ0) is 17.4. The lowest BCUT2D eigenvalue weighted by atomic mass is 10.1. The highest BCUT2D eigenvalue weighted by atomic mass is 19.4. The number of hydrogen-bond donors (Lipinski definition) is 1. The third-order valence-electron chi connectivity index (χ3n) is 3.29. The van der Waals surface area contributed by atoms with Gasteiger partial charge in [-0.3, -0.25) is 0 Å². The molecule has 0 aliphatic rings. The van der Waals surface area contributed by atoms with Crippen molar-refractivity contribution in [3.8, 4) is 11.1 Å². The molecule has 23 heavy (non-hydrogen) atoms. The SMILES string of the molecule is CC(C)Cn1c(C(F)(F)F)cc(-c2ccc(F)cc2)c1C(=O)O. The topological polar surface area (TPSA) is 42.2 Å². The Balaban J connectivity index is 2.73. The lowest BCUT2D eigenvalue weighted by Crippen LogP contribution is -2.20. The van der Waals surface area contributed by atoms with Gasteiger partial charge in [0.15, 0.2) is 0 Å². The van der Waals surface area contributed by atoms with Gasteiger partial charge in [-0.05, 0) is 29.7 Å². The van der Waals surface area contributed by atoms with E-state index in [1.54, 1.807) is 13.8 Å². The van der Waals surface area contributed by atoms with Gasteiger partial charge in [-0.25, -0.2) is 9.18 Å². The molecule has 0 bridgehead atoms. The van der Waals surface area contributed by atoms with Crippen LogP contribution in [0, 0.1) is 11.7 Å². The van der Waals surface area contributed by atoms with Gasteiger partial charge < -0.3 is 9.67 Å². The zero-order valence-electron chi connectivity index (χ0n) is 12.5. The van der Waals surface area contributed by atoms with E-state index in [0.717, 1.165) is 22.8 Å². The maximum Gasteiger partial charge on any atom is 0.431 e. The molecule has 0 saturated heterocycles. The number of rotatable bonds is 4. The number of aromatic nitrogens is 1. The minimum absolute atomic E-state index is 0.0783. The highest BCUT2D eigenvalue weighted by molar-refractivity contribution is 5.95. The minimum atomic E-state index is -4.68. The number of carboxylic acids is 1. The molecule has 0 atom stereocenters. The summed E-state index contributed by atoms with van der Waals surface area (Å²) >= 11 is 0. The van der Waals surface area contributed by atoms with Gasteiger partial charge in [0.25, 0.3) is 0 Å². The van der Waals surface area contributed by atoms with Crippen LogP contribution in [0.4, 0.5) is 17.6 Å². The molecular weight excluding hydrogens is 314 g/mol. The van der Waals surface area contributed by atoms with Crippen LogP contribution in [0.15, 0.2) is 30.3 Å². The fourth-order valence-corrected chi connectivity index (χ4v) is 2.42. The Kier molecular flexibility index (Phi) is 4.49. The van der Waals surface area contributed by atoms with Crippen LogP contribution in [0.25, 0.3) is 11.1 Å². The Morgan fingerprint density at radius 2 is 1.78 bits per heavy atom. The molecule has 0 unspecified atom stereocenters. The third-order valence-corrected chi connectivity index (χ3v) is 3.29. The third kappa shape index (κ3) is 3.55. The van der Waals surface area contributed by atoms with Crippen LogP contribution >= 0.6 is 0 Å². The van der Waals surface area contributed by atoms with E-state index in [2.05, 4.69) is 0 Å². The van der Waals surface area contributed by atoms with Crippen molar-refractivity contribution in [1.82, 2.24) is 4.57 Å². The molecule has 2 aromatic rings. The highest BCUT2D eigenvalue weighted by Gasteiger charge is 2.38. The molecule has 1 aromatic carbocycles. The molecule has 2 rings (SSSR count). The molecule has 0 fully saturated rings. The van der Waals surface area contributed by atoms with Crippen LogP contribution in [-0.4, -0.2) is 15.6 Å². The van der Waals surface area contributed by atoms with Crippen LogP contribution < -0.4 is 0 Å². The number of hydrogen-bond acceptors (Lipinski definition) is 1. The summed E-state index contributed by atoms with van der Waals surface area (Å²) in [5.74, 6) is -2.19.